The lowest BCUT2D eigenvalue weighted by atomic mass is 10.0. The largest absolute Gasteiger partial charge is 0.388 e. The van der Waals surface area contributed by atoms with Crippen LogP contribution in [0.2, 0.25) is 0 Å². The van der Waals surface area contributed by atoms with E-state index >= 15 is 0 Å². The van der Waals surface area contributed by atoms with Crippen molar-refractivity contribution in [3.63, 3.8) is 0 Å². The van der Waals surface area contributed by atoms with Gasteiger partial charge in [0.1, 0.15) is 6.54 Å². The molecule has 1 aliphatic heterocycles. The van der Waals surface area contributed by atoms with Crippen LogP contribution in [0.3, 0.4) is 0 Å². The van der Waals surface area contributed by atoms with Crippen molar-refractivity contribution in [1.82, 2.24) is 9.47 Å². The number of likely N-dealkylation sites (tertiary alicyclic amines) is 1. The third-order valence-corrected chi connectivity index (χ3v) is 3.77. The fourth-order valence-corrected chi connectivity index (χ4v) is 2.52. The van der Waals surface area contributed by atoms with Gasteiger partial charge in [-0.1, -0.05) is 13.8 Å². The van der Waals surface area contributed by atoms with Crippen LogP contribution in [0, 0.1) is 5.92 Å². The third kappa shape index (κ3) is 3.60. The topological polar surface area (TPSA) is 45.5 Å². The predicted octanol–water partition coefficient (Wildman–Crippen LogP) is 2.19. The second-order valence-corrected chi connectivity index (χ2v) is 5.75. The average Bonchev–Trinajstić information content (AvgIpc) is 2.87. The van der Waals surface area contributed by atoms with E-state index in [9.17, 15) is 9.90 Å². The fourth-order valence-electron chi connectivity index (χ4n) is 2.52. The monoisotopic (exact) mass is 264 g/mol. The Kier molecular flexibility index (Phi) is 4.64. The summed E-state index contributed by atoms with van der Waals surface area (Å²) in [6.45, 7) is 6.13. The zero-order valence-electron chi connectivity index (χ0n) is 11.9. The first-order valence-electron chi connectivity index (χ1n) is 7.19. The molecule has 0 spiro atoms. The molecule has 1 N–H and O–H groups in total. The number of hydrogen-bond acceptors (Lipinski definition) is 2. The van der Waals surface area contributed by atoms with E-state index in [0.29, 0.717) is 6.54 Å². The first-order valence-corrected chi connectivity index (χ1v) is 7.19. The molecule has 2 rings (SSSR count). The van der Waals surface area contributed by atoms with E-state index in [1.807, 2.05) is 41.8 Å². The van der Waals surface area contributed by atoms with Crippen LogP contribution in [0.4, 0.5) is 0 Å². The molecule has 0 saturated carbocycles. The summed E-state index contributed by atoms with van der Waals surface area (Å²) in [5.74, 6) is 0.370. The minimum atomic E-state index is -0.452. The smallest absolute Gasteiger partial charge is 0.242 e. The van der Waals surface area contributed by atoms with E-state index in [1.165, 1.54) is 6.42 Å². The van der Waals surface area contributed by atoms with Crippen LogP contribution in [0.25, 0.3) is 0 Å². The van der Waals surface area contributed by atoms with Crippen LogP contribution in [0.5, 0.6) is 0 Å². The average molecular weight is 264 g/mol. The van der Waals surface area contributed by atoms with Crippen molar-refractivity contribution in [2.45, 2.75) is 45.8 Å². The highest BCUT2D eigenvalue weighted by molar-refractivity contribution is 5.76. The van der Waals surface area contributed by atoms with Crippen molar-refractivity contribution in [2.24, 2.45) is 5.92 Å². The summed E-state index contributed by atoms with van der Waals surface area (Å²) in [4.78, 5) is 14.1. The predicted molar refractivity (Wildman–Crippen MR) is 74.7 cm³/mol. The number of amides is 1. The molecule has 2 heterocycles. The molecule has 0 radical (unpaired) electrons. The van der Waals surface area contributed by atoms with Gasteiger partial charge in [-0.2, -0.15) is 0 Å². The number of aromatic nitrogens is 1. The highest BCUT2D eigenvalue weighted by atomic mass is 16.3. The Morgan fingerprint density at radius 2 is 2.00 bits per heavy atom. The molecule has 1 atom stereocenters. The van der Waals surface area contributed by atoms with Crippen molar-refractivity contribution in [2.75, 3.05) is 13.1 Å². The molecular formula is C15H24N2O2. The Labute approximate surface area is 115 Å². The van der Waals surface area contributed by atoms with E-state index in [4.69, 9.17) is 0 Å². The Hall–Kier alpha value is -1.29. The lowest BCUT2D eigenvalue weighted by Gasteiger charge is -2.26. The second kappa shape index (κ2) is 6.24. The van der Waals surface area contributed by atoms with Crippen molar-refractivity contribution in [1.29, 1.82) is 0 Å². The number of carbonyl (C=O) groups is 1. The lowest BCUT2D eigenvalue weighted by molar-refractivity contribution is -0.132. The van der Waals surface area contributed by atoms with E-state index < -0.39 is 6.10 Å². The lowest BCUT2D eigenvalue weighted by Crippen LogP contribution is -2.37. The SMILES string of the molecule is CC(C)C(O)c1ccn(CC(=O)N2CCCCC2)c1. The molecule has 1 unspecified atom stereocenters. The van der Waals surface area contributed by atoms with Gasteiger partial charge in [0.25, 0.3) is 0 Å². The van der Waals surface area contributed by atoms with Crippen molar-refractivity contribution < 1.29 is 9.90 Å². The first-order chi connectivity index (χ1) is 9.08. The number of carbonyl (C=O) groups excluding carboxylic acids is 1. The molecule has 1 saturated heterocycles. The first kappa shape index (κ1) is 14.1. The summed E-state index contributed by atoms with van der Waals surface area (Å²) in [7, 11) is 0. The van der Waals surface area contributed by atoms with Gasteiger partial charge in [0.15, 0.2) is 0 Å². The zero-order valence-corrected chi connectivity index (χ0v) is 11.9. The summed E-state index contributed by atoms with van der Waals surface area (Å²) in [5, 5.41) is 9.99. The number of rotatable bonds is 4. The van der Waals surface area contributed by atoms with Crippen LogP contribution in [0.1, 0.15) is 44.8 Å². The third-order valence-electron chi connectivity index (χ3n) is 3.77. The summed E-state index contributed by atoms with van der Waals surface area (Å²) < 4.78 is 1.87. The maximum Gasteiger partial charge on any atom is 0.242 e. The number of hydrogen-bond donors (Lipinski definition) is 1. The normalized spacial score (nSPS) is 17.8. The Bertz CT molecular complexity index is 420. The van der Waals surface area contributed by atoms with Gasteiger partial charge in [0, 0.05) is 25.5 Å². The van der Waals surface area contributed by atoms with Crippen molar-refractivity contribution in [3.8, 4) is 0 Å². The van der Waals surface area contributed by atoms with E-state index in [0.717, 1.165) is 31.5 Å². The maximum absolute atomic E-state index is 12.1. The quantitative estimate of drug-likeness (QED) is 0.906. The summed E-state index contributed by atoms with van der Waals surface area (Å²) in [6, 6.07) is 1.90. The number of aliphatic hydroxyl groups is 1. The highest BCUT2D eigenvalue weighted by Crippen LogP contribution is 2.21. The van der Waals surface area contributed by atoms with E-state index in [2.05, 4.69) is 0 Å². The molecule has 0 aromatic carbocycles. The summed E-state index contributed by atoms with van der Waals surface area (Å²) in [6.07, 6.45) is 6.78. The number of nitrogens with zero attached hydrogens (tertiary/aromatic N) is 2. The van der Waals surface area contributed by atoms with Gasteiger partial charge in [-0.25, -0.2) is 0 Å². The minimum absolute atomic E-state index is 0.181. The number of piperidine rings is 1. The van der Waals surface area contributed by atoms with Crippen LogP contribution in [-0.2, 0) is 11.3 Å². The Morgan fingerprint density at radius 3 is 2.63 bits per heavy atom. The van der Waals surface area contributed by atoms with Gasteiger partial charge < -0.3 is 14.6 Å². The van der Waals surface area contributed by atoms with Gasteiger partial charge in [0.2, 0.25) is 5.91 Å². The van der Waals surface area contributed by atoms with Crippen LogP contribution >= 0.6 is 0 Å². The van der Waals surface area contributed by atoms with Crippen LogP contribution < -0.4 is 0 Å². The molecule has 19 heavy (non-hydrogen) atoms. The van der Waals surface area contributed by atoms with E-state index in [-0.39, 0.29) is 11.8 Å². The molecule has 1 aliphatic rings. The van der Waals surface area contributed by atoms with E-state index in [1.54, 1.807) is 0 Å². The molecule has 4 heteroatoms. The van der Waals surface area contributed by atoms with Gasteiger partial charge >= 0.3 is 0 Å². The standard InChI is InChI=1S/C15H24N2O2/c1-12(2)15(19)13-6-9-16(10-13)11-14(18)17-7-4-3-5-8-17/h6,9-10,12,15,19H,3-5,7-8,11H2,1-2H3. The summed E-state index contributed by atoms with van der Waals surface area (Å²) >= 11 is 0. The molecule has 0 aliphatic carbocycles. The summed E-state index contributed by atoms with van der Waals surface area (Å²) in [5.41, 5.74) is 0.890. The zero-order chi connectivity index (χ0) is 13.8. The molecule has 1 fully saturated rings. The highest BCUT2D eigenvalue weighted by Gasteiger charge is 2.18. The molecule has 106 valence electrons. The number of aliphatic hydroxyl groups excluding tert-OH is 1. The van der Waals surface area contributed by atoms with Gasteiger partial charge in [-0.15, -0.1) is 0 Å². The molecule has 1 aromatic heterocycles. The molecule has 1 amide bonds. The van der Waals surface area contributed by atoms with Gasteiger partial charge in [-0.3, -0.25) is 4.79 Å². The van der Waals surface area contributed by atoms with Crippen molar-refractivity contribution >= 4 is 5.91 Å². The minimum Gasteiger partial charge on any atom is -0.388 e. The molecular weight excluding hydrogens is 240 g/mol. The van der Waals surface area contributed by atoms with Gasteiger partial charge in [0.05, 0.1) is 6.10 Å². The Balaban J connectivity index is 1.94. The molecule has 0 bridgehead atoms. The van der Waals surface area contributed by atoms with Gasteiger partial charge in [-0.05, 0) is 36.8 Å². The second-order valence-electron chi connectivity index (χ2n) is 5.75. The Morgan fingerprint density at radius 1 is 1.32 bits per heavy atom. The van der Waals surface area contributed by atoms with Crippen molar-refractivity contribution in [3.05, 3.63) is 24.0 Å². The molecule has 1 aromatic rings. The fraction of sp³-hybridized carbons (Fsp3) is 0.667. The molecule has 4 nitrogen and oxygen atoms in total. The van der Waals surface area contributed by atoms with Crippen LogP contribution in [-0.4, -0.2) is 33.6 Å². The van der Waals surface area contributed by atoms with Crippen LogP contribution in [0.15, 0.2) is 18.5 Å². The maximum atomic E-state index is 12.1.